The molecule has 0 radical (unpaired) electrons. The number of hydrogen-bond acceptors (Lipinski definition) is 2. The van der Waals surface area contributed by atoms with Gasteiger partial charge in [0.15, 0.2) is 0 Å². The molecule has 0 fully saturated rings. The number of halogens is 2. The maximum absolute atomic E-state index is 6.00. The Bertz CT molecular complexity index is 364. The van der Waals surface area contributed by atoms with Crippen LogP contribution >= 0.6 is 23.2 Å². The molecule has 0 heterocycles. The van der Waals surface area contributed by atoms with E-state index in [0.29, 0.717) is 15.8 Å². The zero-order valence-corrected chi connectivity index (χ0v) is 9.98. The van der Waals surface area contributed by atoms with Gasteiger partial charge in [0, 0.05) is 11.1 Å². The van der Waals surface area contributed by atoms with Crippen molar-refractivity contribution in [3.63, 3.8) is 0 Å². The zero-order chi connectivity index (χ0) is 11.4. The fraction of sp³-hybridized carbons (Fsp3) is 0.273. The highest BCUT2D eigenvalue weighted by molar-refractivity contribution is 6.32. The van der Waals surface area contributed by atoms with Crippen molar-refractivity contribution in [3.8, 4) is 5.75 Å². The van der Waals surface area contributed by atoms with E-state index in [0.717, 1.165) is 5.56 Å². The molecule has 0 saturated heterocycles. The van der Waals surface area contributed by atoms with Crippen molar-refractivity contribution in [2.24, 2.45) is 5.73 Å². The van der Waals surface area contributed by atoms with E-state index in [1.54, 1.807) is 12.1 Å². The second kappa shape index (κ2) is 5.40. The molecular weight excluding hydrogens is 233 g/mol. The maximum atomic E-state index is 6.00. The third-order valence-corrected chi connectivity index (χ3v) is 2.27. The predicted octanol–water partition coefficient (Wildman–Crippen LogP) is 3.49. The van der Waals surface area contributed by atoms with E-state index in [1.165, 1.54) is 0 Å². The van der Waals surface area contributed by atoms with E-state index in [9.17, 15) is 0 Å². The second-order valence-corrected chi connectivity index (χ2v) is 4.23. The van der Waals surface area contributed by atoms with Crippen LogP contribution < -0.4 is 10.5 Å². The van der Waals surface area contributed by atoms with E-state index >= 15 is 0 Å². The fourth-order valence-electron chi connectivity index (χ4n) is 1.07. The molecule has 0 saturated carbocycles. The Labute approximate surface area is 99.6 Å². The first-order valence-electron chi connectivity index (χ1n) is 4.52. The van der Waals surface area contributed by atoms with Gasteiger partial charge < -0.3 is 10.5 Å². The molecule has 15 heavy (non-hydrogen) atoms. The molecule has 0 bridgehead atoms. The zero-order valence-electron chi connectivity index (χ0n) is 8.47. The summed E-state index contributed by atoms with van der Waals surface area (Å²) in [5, 5.41) is 0.963. The van der Waals surface area contributed by atoms with E-state index in [2.05, 4.69) is 6.58 Å². The molecule has 0 aliphatic carbocycles. The normalized spacial score (nSPS) is 12.3. The average Bonchev–Trinajstić information content (AvgIpc) is 2.15. The molecule has 0 spiro atoms. The van der Waals surface area contributed by atoms with Crippen LogP contribution in [0.4, 0.5) is 0 Å². The van der Waals surface area contributed by atoms with Gasteiger partial charge in [-0.3, -0.25) is 0 Å². The minimum absolute atomic E-state index is 0.0421. The van der Waals surface area contributed by atoms with Gasteiger partial charge in [-0.05, 0) is 24.6 Å². The summed E-state index contributed by atoms with van der Waals surface area (Å²) >= 11 is 11.6. The Morgan fingerprint density at radius 1 is 1.60 bits per heavy atom. The lowest BCUT2D eigenvalue weighted by atomic mass is 10.1. The number of benzene rings is 1. The van der Waals surface area contributed by atoms with Gasteiger partial charge in [-0.15, -0.1) is 0 Å². The van der Waals surface area contributed by atoms with Crippen molar-refractivity contribution in [1.82, 2.24) is 0 Å². The minimum Gasteiger partial charge on any atom is -0.486 e. The summed E-state index contributed by atoms with van der Waals surface area (Å²) in [7, 11) is 0. The number of rotatable bonds is 4. The highest BCUT2D eigenvalue weighted by Crippen LogP contribution is 2.27. The summed E-state index contributed by atoms with van der Waals surface area (Å²) in [5.41, 5.74) is 6.69. The van der Waals surface area contributed by atoms with Gasteiger partial charge in [-0.25, -0.2) is 0 Å². The Kier molecular flexibility index (Phi) is 4.45. The lowest BCUT2D eigenvalue weighted by molar-refractivity contribution is 0.359. The SMILES string of the molecule is C=C(Cl)COc1ccc([C@H](C)N)cc1Cl. The standard InChI is InChI=1S/C11H13Cl2NO/c1-7(12)6-15-11-4-3-9(8(2)14)5-10(11)13/h3-5,8H,1,6,14H2,2H3/t8-/m0/s1. The molecule has 0 aromatic heterocycles. The van der Waals surface area contributed by atoms with Crippen LogP contribution in [-0.4, -0.2) is 6.61 Å². The summed E-state index contributed by atoms with van der Waals surface area (Å²) in [4.78, 5) is 0. The van der Waals surface area contributed by atoms with Crippen LogP contribution in [0.1, 0.15) is 18.5 Å². The van der Waals surface area contributed by atoms with E-state index in [1.807, 2.05) is 13.0 Å². The summed E-state index contributed by atoms with van der Waals surface area (Å²) in [6, 6.07) is 5.40. The Morgan fingerprint density at radius 3 is 2.73 bits per heavy atom. The molecule has 1 atom stereocenters. The van der Waals surface area contributed by atoms with Gasteiger partial charge in [0.25, 0.3) is 0 Å². The quantitative estimate of drug-likeness (QED) is 0.882. The third-order valence-electron chi connectivity index (χ3n) is 1.87. The molecule has 0 unspecified atom stereocenters. The van der Waals surface area contributed by atoms with Crippen LogP contribution in [0.2, 0.25) is 5.02 Å². The van der Waals surface area contributed by atoms with E-state index in [4.69, 9.17) is 33.7 Å². The van der Waals surface area contributed by atoms with Gasteiger partial charge in [0.2, 0.25) is 0 Å². The van der Waals surface area contributed by atoms with Gasteiger partial charge in [0.1, 0.15) is 12.4 Å². The van der Waals surface area contributed by atoms with Gasteiger partial charge in [-0.1, -0.05) is 35.8 Å². The van der Waals surface area contributed by atoms with Crippen LogP contribution in [0.3, 0.4) is 0 Å². The lowest BCUT2D eigenvalue weighted by Gasteiger charge is -2.10. The molecule has 1 rings (SSSR count). The first kappa shape index (κ1) is 12.4. The number of nitrogens with two attached hydrogens (primary N) is 1. The van der Waals surface area contributed by atoms with Gasteiger partial charge >= 0.3 is 0 Å². The average molecular weight is 246 g/mol. The van der Waals surface area contributed by atoms with Crippen LogP contribution in [-0.2, 0) is 0 Å². The smallest absolute Gasteiger partial charge is 0.138 e. The lowest BCUT2D eigenvalue weighted by Crippen LogP contribution is -2.05. The minimum atomic E-state index is -0.0421. The largest absolute Gasteiger partial charge is 0.486 e. The van der Waals surface area contributed by atoms with Crippen molar-refractivity contribution in [2.75, 3.05) is 6.61 Å². The summed E-state index contributed by atoms with van der Waals surface area (Å²) in [6.45, 7) is 5.67. The molecule has 0 amide bonds. The van der Waals surface area contributed by atoms with Gasteiger partial charge in [-0.2, -0.15) is 0 Å². The van der Waals surface area contributed by atoms with Crippen LogP contribution in [0.5, 0.6) is 5.75 Å². The molecule has 4 heteroatoms. The van der Waals surface area contributed by atoms with Crippen molar-refractivity contribution >= 4 is 23.2 Å². The molecular formula is C11H13Cl2NO. The summed E-state index contributed by atoms with van der Waals surface area (Å²) in [6.07, 6.45) is 0. The second-order valence-electron chi connectivity index (χ2n) is 3.28. The van der Waals surface area contributed by atoms with Crippen molar-refractivity contribution < 1.29 is 4.74 Å². The van der Waals surface area contributed by atoms with Crippen LogP contribution in [0.25, 0.3) is 0 Å². The first-order valence-corrected chi connectivity index (χ1v) is 5.27. The molecule has 82 valence electrons. The Balaban J connectivity index is 2.79. The monoisotopic (exact) mass is 245 g/mol. The molecule has 2 nitrogen and oxygen atoms in total. The Hall–Kier alpha value is -0.700. The van der Waals surface area contributed by atoms with Crippen LogP contribution in [0, 0.1) is 0 Å². The van der Waals surface area contributed by atoms with E-state index in [-0.39, 0.29) is 12.6 Å². The maximum Gasteiger partial charge on any atom is 0.138 e. The predicted molar refractivity (Wildman–Crippen MR) is 64.5 cm³/mol. The topological polar surface area (TPSA) is 35.2 Å². The first-order chi connectivity index (χ1) is 7.00. The molecule has 2 N–H and O–H groups in total. The van der Waals surface area contributed by atoms with Crippen LogP contribution in [0.15, 0.2) is 29.8 Å². The summed E-state index contributed by atoms with van der Waals surface area (Å²) < 4.78 is 5.33. The fourth-order valence-corrected chi connectivity index (χ4v) is 1.37. The highest BCUT2D eigenvalue weighted by atomic mass is 35.5. The molecule has 0 aliphatic heterocycles. The summed E-state index contributed by atoms with van der Waals surface area (Å²) in [5.74, 6) is 0.586. The van der Waals surface area contributed by atoms with Crippen molar-refractivity contribution in [3.05, 3.63) is 40.4 Å². The van der Waals surface area contributed by atoms with Crippen molar-refractivity contribution in [2.45, 2.75) is 13.0 Å². The van der Waals surface area contributed by atoms with Gasteiger partial charge in [0.05, 0.1) is 5.02 Å². The third kappa shape index (κ3) is 3.74. The molecule has 1 aromatic carbocycles. The van der Waals surface area contributed by atoms with Crippen molar-refractivity contribution in [1.29, 1.82) is 0 Å². The highest BCUT2D eigenvalue weighted by Gasteiger charge is 2.05. The van der Waals surface area contributed by atoms with E-state index < -0.39 is 0 Å². The Morgan fingerprint density at radius 2 is 2.27 bits per heavy atom. The molecule has 1 aromatic rings. The number of hydrogen-bond donors (Lipinski definition) is 1. The number of ether oxygens (including phenoxy) is 1. The molecule has 0 aliphatic rings.